The van der Waals surface area contributed by atoms with E-state index in [1.54, 1.807) is 37.3 Å². The highest BCUT2D eigenvalue weighted by molar-refractivity contribution is 8.23. The minimum Gasteiger partial charge on any atom is -0.475 e. The Hall–Kier alpha value is -1.93. The summed E-state index contributed by atoms with van der Waals surface area (Å²) in [6.45, 7) is 7.48. The summed E-state index contributed by atoms with van der Waals surface area (Å²) in [5.74, 6) is -2.84. The van der Waals surface area contributed by atoms with Crippen molar-refractivity contribution >= 4 is 51.8 Å². The number of ether oxygens (including phenoxy) is 2. The molecule has 0 spiro atoms. The molecular formula is C20H25NO5S2. The molecule has 1 saturated heterocycles. The summed E-state index contributed by atoms with van der Waals surface area (Å²) in [6.07, 6.45) is -0.131. The second-order valence-corrected chi connectivity index (χ2v) is 8.78. The number of thiocarbonyl (C=S) groups is 1. The van der Waals surface area contributed by atoms with Gasteiger partial charge in [-0.1, -0.05) is 50.7 Å². The Morgan fingerprint density at radius 1 is 1.11 bits per heavy atom. The average Bonchev–Trinajstić information content (AvgIpc) is 2.90. The van der Waals surface area contributed by atoms with Crippen molar-refractivity contribution in [2.45, 2.75) is 39.0 Å². The lowest BCUT2D eigenvalue weighted by Crippen LogP contribution is -2.34. The van der Waals surface area contributed by atoms with Gasteiger partial charge < -0.3 is 9.47 Å². The van der Waals surface area contributed by atoms with Crippen LogP contribution in [-0.4, -0.2) is 40.6 Å². The Balaban J connectivity index is 2.33. The van der Waals surface area contributed by atoms with Crippen LogP contribution in [0.2, 0.25) is 0 Å². The molecular weight excluding hydrogens is 398 g/mol. The topological polar surface area (TPSA) is 72.9 Å². The fourth-order valence-corrected chi connectivity index (χ4v) is 4.43. The van der Waals surface area contributed by atoms with Crippen LogP contribution in [0.25, 0.3) is 0 Å². The number of methoxy groups -OCH3 is 1. The SMILES string of the molecule is COC(=O)C(C)C1C(=O)N(c2ccccc2)C(=O)C1SC(=S)OC(C)C(C)C. The van der Waals surface area contributed by atoms with Gasteiger partial charge >= 0.3 is 5.97 Å². The lowest BCUT2D eigenvalue weighted by atomic mass is 9.92. The summed E-state index contributed by atoms with van der Waals surface area (Å²) < 4.78 is 10.7. The van der Waals surface area contributed by atoms with Crippen LogP contribution >= 0.6 is 24.0 Å². The number of para-hydroxylation sites is 1. The maximum atomic E-state index is 13.1. The third-order valence-corrected chi connectivity index (χ3v) is 6.29. The van der Waals surface area contributed by atoms with Gasteiger partial charge in [-0.25, -0.2) is 4.90 Å². The predicted octanol–water partition coefficient (Wildman–Crippen LogP) is 3.43. The largest absolute Gasteiger partial charge is 0.475 e. The van der Waals surface area contributed by atoms with Gasteiger partial charge in [-0.3, -0.25) is 14.4 Å². The molecule has 0 aliphatic carbocycles. The molecule has 2 amide bonds. The van der Waals surface area contributed by atoms with E-state index in [4.69, 9.17) is 21.7 Å². The van der Waals surface area contributed by atoms with E-state index < -0.39 is 34.9 Å². The average molecular weight is 424 g/mol. The van der Waals surface area contributed by atoms with Gasteiger partial charge in [0.1, 0.15) is 5.25 Å². The zero-order chi connectivity index (χ0) is 21.0. The van der Waals surface area contributed by atoms with E-state index in [1.807, 2.05) is 20.8 Å². The van der Waals surface area contributed by atoms with Crippen LogP contribution in [0.5, 0.6) is 0 Å². The van der Waals surface area contributed by atoms with E-state index in [1.165, 1.54) is 7.11 Å². The quantitative estimate of drug-likeness (QED) is 0.394. The van der Waals surface area contributed by atoms with Crippen molar-refractivity contribution in [3.8, 4) is 0 Å². The van der Waals surface area contributed by atoms with E-state index >= 15 is 0 Å². The van der Waals surface area contributed by atoms with Crippen molar-refractivity contribution in [2.75, 3.05) is 12.0 Å². The molecule has 0 N–H and O–H groups in total. The molecule has 1 aliphatic heterocycles. The van der Waals surface area contributed by atoms with Crippen LogP contribution in [-0.2, 0) is 23.9 Å². The summed E-state index contributed by atoms with van der Waals surface area (Å²) in [6, 6.07) is 8.64. The molecule has 1 aliphatic rings. The lowest BCUT2D eigenvalue weighted by molar-refractivity contribution is -0.148. The predicted molar refractivity (Wildman–Crippen MR) is 113 cm³/mol. The molecule has 0 bridgehead atoms. The molecule has 4 unspecified atom stereocenters. The summed E-state index contributed by atoms with van der Waals surface area (Å²) in [7, 11) is 1.26. The molecule has 6 nitrogen and oxygen atoms in total. The highest BCUT2D eigenvalue weighted by Crippen LogP contribution is 2.39. The summed E-state index contributed by atoms with van der Waals surface area (Å²) >= 11 is 6.33. The Morgan fingerprint density at radius 3 is 2.25 bits per heavy atom. The van der Waals surface area contributed by atoms with Crippen molar-refractivity contribution in [2.24, 2.45) is 17.8 Å². The van der Waals surface area contributed by atoms with Gasteiger partial charge in [0.15, 0.2) is 0 Å². The molecule has 2 rings (SSSR count). The number of carbonyl (C=O) groups is 3. The first-order valence-corrected chi connectivity index (χ1v) is 10.4. The molecule has 4 atom stereocenters. The first-order chi connectivity index (χ1) is 13.2. The van der Waals surface area contributed by atoms with E-state index in [0.29, 0.717) is 5.69 Å². The number of carbonyl (C=O) groups excluding carboxylic acids is 3. The van der Waals surface area contributed by atoms with Gasteiger partial charge in [0.2, 0.25) is 16.2 Å². The number of thioether (sulfide) groups is 1. The molecule has 1 heterocycles. The fourth-order valence-electron chi connectivity index (χ4n) is 2.85. The Labute approximate surface area is 174 Å². The smallest absolute Gasteiger partial charge is 0.309 e. The Morgan fingerprint density at radius 2 is 1.71 bits per heavy atom. The van der Waals surface area contributed by atoms with Gasteiger partial charge in [-0.15, -0.1) is 0 Å². The fraction of sp³-hybridized carbons (Fsp3) is 0.500. The van der Waals surface area contributed by atoms with E-state index in [2.05, 4.69) is 0 Å². The molecule has 1 fully saturated rings. The monoisotopic (exact) mass is 423 g/mol. The number of nitrogens with zero attached hydrogens (tertiary/aromatic N) is 1. The molecule has 0 aromatic heterocycles. The number of hydrogen-bond acceptors (Lipinski definition) is 7. The lowest BCUT2D eigenvalue weighted by Gasteiger charge is -2.22. The number of anilines is 1. The van der Waals surface area contributed by atoms with Crippen molar-refractivity contribution < 1.29 is 23.9 Å². The second-order valence-electron chi connectivity index (χ2n) is 7.04. The van der Waals surface area contributed by atoms with Crippen LogP contribution in [0, 0.1) is 17.8 Å². The van der Waals surface area contributed by atoms with E-state index in [9.17, 15) is 14.4 Å². The summed E-state index contributed by atoms with van der Waals surface area (Å²) in [5, 5.41) is -0.853. The highest BCUT2D eigenvalue weighted by atomic mass is 32.2. The molecule has 1 aromatic rings. The zero-order valence-electron chi connectivity index (χ0n) is 16.6. The van der Waals surface area contributed by atoms with Gasteiger partial charge in [0.05, 0.1) is 30.7 Å². The molecule has 8 heteroatoms. The Kier molecular flexibility index (Phi) is 7.60. The van der Waals surface area contributed by atoms with Gasteiger partial charge in [0, 0.05) is 0 Å². The van der Waals surface area contributed by atoms with Gasteiger partial charge in [-0.05, 0) is 37.2 Å². The first kappa shape index (κ1) is 22.4. The van der Waals surface area contributed by atoms with Crippen LogP contribution in [0.4, 0.5) is 5.69 Å². The Bertz CT molecular complexity index is 752. The van der Waals surface area contributed by atoms with E-state index in [-0.39, 0.29) is 16.4 Å². The highest BCUT2D eigenvalue weighted by Gasteiger charge is 2.53. The van der Waals surface area contributed by atoms with Crippen LogP contribution in [0.1, 0.15) is 27.7 Å². The minimum atomic E-state index is -0.888. The third kappa shape index (κ3) is 4.72. The van der Waals surface area contributed by atoms with Crippen molar-refractivity contribution in [3.63, 3.8) is 0 Å². The molecule has 28 heavy (non-hydrogen) atoms. The maximum Gasteiger partial charge on any atom is 0.309 e. The maximum absolute atomic E-state index is 13.1. The standard InChI is InChI=1S/C20H25NO5S2/c1-11(2)13(4)26-20(27)28-16-15(12(3)19(24)25-5)17(22)21(18(16)23)14-9-7-6-8-10-14/h6-13,15-16H,1-5H3. The first-order valence-electron chi connectivity index (χ1n) is 9.07. The van der Waals surface area contributed by atoms with Gasteiger partial charge in [-0.2, -0.15) is 0 Å². The number of benzene rings is 1. The molecule has 0 radical (unpaired) electrons. The van der Waals surface area contributed by atoms with Crippen molar-refractivity contribution in [1.29, 1.82) is 0 Å². The number of amides is 2. The summed E-state index contributed by atoms with van der Waals surface area (Å²) in [4.78, 5) is 39.5. The molecule has 1 aromatic carbocycles. The molecule has 152 valence electrons. The second kappa shape index (κ2) is 9.52. The zero-order valence-corrected chi connectivity index (χ0v) is 18.2. The van der Waals surface area contributed by atoms with E-state index in [0.717, 1.165) is 16.7 Å². The minimum absolute atomic E-state index is 0.131. The van der Waals surface area contributed by atoms with Crippen LogP contribution < -0.4 is 4.90 Å². The molecule has 0 saturated carbocycles. The number of rotatable bonds is 6. The van der Waals surface area contributed by atoms with Crippen LogP contribution in [0.15, 0.2) is 30.3 Å². The number of hydrogen-bond donors (Lipinski definition) is 0. The van der Waals surface area contributed by atoms with Crippen LogP contribution in [0.3, 0.4) is 0 Å². The van der Waals surface area contributed by atoms with Crippen molar-refractivity contribution in [1.82, 2.24) is 0 Å². The van der Waals surface area contributed by atoms with Gasteiger partial charge in [0.25, 0.3) is 0 Å². The normalized spacial score (nSPS) is 21.6. The van der Waals surface area contributed by atoms with Crippen molar-refractivity contribution in [3.05, 3.63) is 30.3 Å². The number of esters is 1. The summed E-state index contributed by atoms with van der Waals surface area (Å²) in [5.41, 5.74) is 0.463. The number of imide groups is 1. The third-order valence-electron chi connectivity index (χ3n) is 4.87.